The average Bonchev–Trinajstić information content (AvgIpc) is 3.09. The van der Waals surface area contributed by atoms with Gasteiger partial charge in [0.2, 0.25) is 5.12 Å². The second-order valence-corrected chi connectivity index (χ2v) is 9.28. The highest BCUT2D eigenvalue weighted by Crippen LogP contribution is 2.32. The Hall–Kier alpha value is -0.730. The van der Waals surface area contributed by atoms with Crippen LogP contribution in [0.2, 0.25) is 0 Å². The van der Waals surface area contributed by atoms with E-state index < -0.39 is 0 Å². The molecule has 0 amide bonds. The number of likely N-dealkylation sites (N-methyl/N-ethyl adjacent to an activating group) is 1. The van der Waals surface area contributed by atoms with Crippen LogP contribution < -0.4 is 10.1 Å². The summed E-state index contributed by atoms with van der Waals surface area (Å²) in [5.41, 5.74) is 0. The number of rotatable bonds is 7. The molecule has 2 aliphatic rings. The number of hydrogen-bond donors (Lipinski definition) is 1. The van der Waals surface area contributed by atoms with Gasteiger partial charge in [0.15, 0.2) is 0 Å². The third-order valence-corrected chi connectivity index (χ3v) is 7.44. The van der Waals surface area contributed by atoms with Crippen molar-refractivity contribution in [3.63, 3.8) is 0 Å². The molecule has 26 heavy (non-hydrogen) atoms. The second-order valence-electron chi connectivity index (χ2n) is 6.92. The molecule has 2 saturated heterocycles. The van der Waals surface area contributed by atoms with E-state index in [1.807, 2.05) is 30.0 Å². The minimum absolute atomic E-state index is 0.315. The van der Waals surface area contributed by atoms with Crippen LogP contribution in [0.1, 0.15) is 6.42 Å². The molecule has 0 bridgehead atoms. The topological polar surface area (TPSA) is 44.8 Å². The van der Waals surface area contributed by atoms with Crippen molar-refractivity contribution in [1.82, 2.24) is 15.1 Å². The number of hydrogen-bond acceptors (Lipinski definition) is 7. The van der Waals surface area contributed by atoms with Gasteiger partial charge in [-0.3, -0.25) is 9.69 Å². The van der Waals surface area contributed by atoms with Gasteiger partial charge < -0.3 is 15.0 Å². The minimum Gasteiger partial charge on any atom is -0.496 e. The predicted octanol–water partition coefficient (Wildman–Crippen LogP) is 2.02. The molecule has 0 spiro atoms. The van der Waals surface area contributed by atoms with Gasteiger partial charge in [0.25, 0.3) is 0 Å². The molecule has 1 N–H and O–H groups in total. The Morgan fingerprint density at radius 2 is 2.04 bits per heavy atom. The number of benzene rings is 1. The molecule has 3 rings (SSSR count). The molecule has 0 aliphatic carbocycles. The lowest BCUT2D eigenvalue weighted by Crippen LogP contribution is -2.46. The standard InChI is InChI=1S/C19H29N3O2S2/c1-21-9-11-22(12-10-21)13-19(23)26-17-7-8-20-15(17)14-25-18-6-4-3-5-16(18)24-2/h3-6,15,17,20H,7-14H2,1-2H3. The summed E-state index contributed by atoms with van der Waals surface area (Å²) in [6.45, 7) is 5.69. The number of thioether (sulfide) groups is 2. The molecule has 2 atom stereocenters. The summed E-state index contributed by atoms with van der Waals surface area (Å²) in [7, 11) is 3.85. The number of nitrogens with one attached hydrogen (secondary N) is 1. The van der Waals surface area contributed by atoms with Gasteiger partial charge in [0.05, 0.1) is 13.7 Å². The van der Waals surface area contributed by atoms with E-state index in [1.165, 1.54) is 0 Å². The fraction of sp³-hybridized carbons (Fsp3) is 0.632. The van der Waals surface area contributed by atoms with Crippen LogP contribution >= 0.6 is 23.5 Å². The van der Waals surface area contributed by atoms with E-state index in [2.05, 4.69) is 28.2 Å². The minimum atomic E-state index is 0.315. The molecule has 0 aromatic heterocycles. The van der Waals surface area contributed by atoms with E-state index in [4.69, 9.17) is 4.74 Å². The van der Waals surface area contributed by atoms with Crippen molar-refractivity contribution in [2.75, 3.05) is 59.2 Å². The molecule has 2 heterocycles. The Bertz CT molecular complexity index is 594. The van der Waals surface area contributed by atoms with Crippen LogP contribution in [0.15, 0.2) is 29.2 Å². The average molecular weight is 396 g/mol. The number of carbonyl (C=O) groups excluding carboxylic acids is 1. The van der Waals surface area contributed by atoms with E-state index in [9.17, 15) is 4.79 Å². The molecule has 1 aromatic carbocycles. The summed E-state index contributed by atoms with van der Waals surface area (Å²) in [5.74, 6) is 1.88. The van der Waals surface area contributed by atoms with Crippen molar-refractivity contribution in [2.24, 2.45) is 0 Å². The number of para-hydroxylation sites is 1. The van der Waals surface area contributed by atoms with Crippen LogP contribution in [-0.2, 0) is 4.79 Å². The Balaban J connectivity index is 1.46. The van der Waals surface area contributed by atoms with Crippen LogP contribution in [0.4, 0.5) is 0 Å². The van der Waals surface area contributed by atoms with Gasteiger partial charge in [-0.15, -0.1) is 11.8 Å². The zero-order chi connectivity index (χ0) is 18.4. The van der Waals surface area contributed by atoms with Gasteiger partial charge in [-0.05, 0) is 32.1 Å². The maximum Gasteiger partial charge on any atom is 0.203 e. The van der Waals surface area contributed by atoms with Crippen LogP contribution in [0.3, 0.4) is 0 Å². The Morgan fingerprint density at radius 1 is 1.27 bits per heavy atom. The molecule has 144 valence electrons. The summed E-state index contributed by atoms with van der Waals surface area (Å²) >= 11 is 3.36. The summed E-state index contributed by atoms with van der Waals surface area (Å²) in [6.07, 6.45) is 1.07. The summed E-state index contributed by atoms with van der Waals surface area (Å²) in [6, 6.07) is 8.49. The van der Waals surface area contributed by atoms with Gasteiger partial charge in [-0.2, -0.15) is 0 Å². The highest BCUT2D eigenvalue weighted by atomic mass is 32.2. The summed E-state index contributed by atoms with van der Waals surface area (Å²) in [5, 5.41) is 4.26. The monoisotopic (exact) mass is 395 g/mol. The first-order valence-corrected chi connectivity index (χ1v) is 11.1. The van der Waals surface area contributed by atoms with Crippen molar-refractivity contribution < 1.29 is 9.53 Å². The summed E-state index contributed by atoms with van der Waals surface area (Å²) in [4.78, 5) is 18.3. The van der Waals surface area contributed by atoms with Crippen molar-refractivity contribution in [2.45, 2.75) is 22.6 Å². The van der Waals surface area contributed by atoms with Gasteiger partial charge >= 0.3 is 0 Å². The zero-order valence-electron chi connectivity index (χ0n) is 15.6. The molecule has 0 radical (unpaired) electrons. The highest BCUT2D eigenvalue weighted by molar-refractivity contribution is 8.14. The second kappa shape index (κ2) is 9.99. The molecule has 0 saturated carbocycles. The molecule has 2 unspecified atom stereocenters. The Morgan fingerprint density at radius 3 is 2.81 bits per heavy atom. The maximum absolute atomic E-state index is 12.5. The smallest absolute Gasteiger partial charge is 0.203 e. The summed E-state index contributed by atoms with van der Waals surface area (Å²) < 4.78 is 5.43. The lowest BCUT2D eigenvalue weighted by Gasteiger charge is -2.32. The molecular formula is C19H29N3O2S2. The van der Waals surface area contributed by atoms with Crippen molar-refractivity contribution in [3.05, 3.63) is 24.3 Å². The first-order valence-electron chi connectivity index (χ1n) is 9.25. The van der Waals surface area contributed by atoms with Crippen LogP contribution in [0.5, 0.6) is 5.75 Å². The van der Waals surface area contributed by atoms with Crippen LogP contribution in [0.25, 0.3) is 0 Å². The Labute approximate surface area is 165 Å². The molecule has 2 fully saturated rings. The normalized spacial score (nSPS) is 24.7. The van der Waals surface area contributed by atoms with Gasteiger partial charge in [-0.1, -0.05) is 23.9 Å². The van der Waals surface area contributed by atoms with Crippen molar-refractivity contribution in [3.8, 4) is 5.75 Å². The highest BCUT2D eigenvalue weighted by Gasteiger charge is 2.30. The van der Waals surface area contributed by atoms with Gasteiger partial charge in [0.1, 0.15) is 5.75 Å². The van der Waals surface area contributed by atoms with E-state index >= 15 is 0 Å². The number of nitrogens with zero attached hydrogens (tertiary/aromatic N) is 2. The van der Waals surface area contributed by atoms with Gasteiger partial charge in [-0.25, -0.2) is 0 Å². The number of methoxy groups -OCH3 is 1. The molecule has 5 nitrogen and oxygen atoms in total. The SMILES string of the molecule is COc1ccccc1SCC1NCCC1SC(=O)CN1CCN(C)CC1. The van der Waals surface area contributed by atoms with E-state index in [0.717, 1.165) is 55.5 Å². The molecule has 2 aliphatic heterocycles. The van der Waals surface area contributed by atoms with Crippen molar-refractivity contribution >= 4 is 28.6 Å². The van der Waals surface area contributed by atoms with Crippen LogP contribution in [-0.4, -0.2) is 85.4 Å². The van der Waals surface area contributed by atoms with Gasteiger partial charge in [0, 0.05) is 48.1 Å². The third-order valence-electron chi connectivity index (χ3n) is 5.00. The lowest BCUT2D eigenvalue weighted by atomic mass is 10.2. The molecule has 1 aromatic rings. The number of carbonyl (C=O) groups is 1. The fourth-order valence-corrected chi connectivity index (χ4v) is 5.85. The fourth-order valence-electron chi connectivity index (χ4n) is 3.36. The molecular weight excluding hydrogens is 366 g/mol. The first kappa shape index (κ1) is 20.0. The van der Waals surface area contributed by atoms with Crippen LogP contribution in [0, 0.1) is 0 Å². The lowest BCUT2D eigenvalue weighted by molar-refractivity contribution is -0.112. The predicted molar refractivity (Wildman–Crippen MR) is 110 cm³/mol. The van der Waals surface area contributed by atoms with E-state index in [-0.39, 0.29) is 0 Å². The Kier molecular flexibility index (Phi) is 7.69. The van der Waals surface area contributed by atoms with E-state index in [1.54, 1.807) is 18.9 Å². The largest absolute Gasteiger partial charge is 0.496 e. The quantitative estimate of drug-likeness (QED) is 0.709. The number of piperazine rings is 1. The number of ether oxygens (including phenoxy) is 1. The maximum atomic E-state index is 12.5. The third kappa shape index (κ3) is 5.63. The van der Waals surface area contributed by atoms with Crippen molar-refractivity contribution in [1.29, 1.82) is 0 Å². The molecule has 7 heteroatoms. The van der Waals surface area contributed by atoms with E-state index in [0.29, 0.717) is 23.0 Å². The first-order chi connectivity index (χ1) is 12.7. The zero-order valence-corrected chi connectivity index (χ0v) is 17.3.